The van der Waals surface area contributed by atoms with Gasteiger partial charge in [0.2, 0.25) is 0 Å². The van der Waals surface area contributed by atoms with Crippen LogP contribution in [0.2, 0.25) is 0 Å². The lowest BCUT2D eigenvalue weighted by Crippen LogP contribution is -2.21. The highest BCUT2D eigenvalue weighted by Crippen LogP contribution is 2.14. The van der Waals surface area contributed by atoms with Crippen LogP contribution >= 0.6 is 0 Å². The fourth-order valence-electron chi connectivity index (χ4n) is 1.69. The summed E-state index contributed by atoms with van der Waals surface area (Å²) in [6.45, 7) is 7.25. The number of hydrogen-bond donors (Lipinski definition) is 0. The Kier molecular flexibility index (Phi) is 4.13. The molecule has 2 heteroatoms. The van der Waals surface area contributed by atoms with Gasteiger partial charge < -0.3 is 0 Å². The van der Waals surface area contributed by atoms with E-state index < -0.39 is 0 Å². The van der Waals surface area contributed by atoms with E-state index in [1.165, 1.54) is 24.3 Å². The van der Waals surface area contributed by atoms with Gasteiger partial charge in [-0.15, -0.1) is 0 Å². The monoisotopic (exact) mass is 180 g/mol. The molecule has 1 saturated carbocycles. The molecule has 1 fully saturated rings. The Balaban J connectivity index is 2.73. The zero-order valence-corrected chi connectivity index (χ0v) is 9.01. The fraction of sp³-hybridized carbons (Fsp3) is 0.818. The van der Waals surface area contributed by atoms with Gasteiger partial charge in [0.15, 0.2) is 0 Å². The summed E-state index contributed by atoms with van der Waals surface area (Å²) in [5.41, 5.74) is 2.53. The van der Waals surface area contributed by atoms with Crippen molar-refractivity contribution < 1.29 is 0 Å². The first-order chi connectivity index (χ1) is 6.24. The van der Waals surface area contributed by atoms with Crippen LogP contribution in [0.25, 0.3) is 0 Å². The van der Waals surface area contributed by atoms with E-state index in [4.69, 9.17) is 0 Å². The highest BCUT2D eigenvalue weighted by atomic mass is 14.8. The molecule has 1 aliphatic carbocycles. The van der Waals surface area contributed by atoms with Crippen LogP contribution in [0.3, 0.4) is 0 Å². The van der Waals surface area contributed by atoms with Crippen molar-refractivity contribution in [3.05, 3.63) is 0 Å². The van der Waals surface area contributed by atoms with E-state index in [-0.39, 0.29) is 0 Å². The molecule has 0 aromatic heterocycles. The van der Waals surface area contributed by atoms with Crippen molar-refractivity contribution >= 4 is 11.4 Å². The first kappa shape index (κ1) is 10.4. The first-order valence-corrected chi connectivity index (χ1v) is 5.34. The maximum atomic E-state index is 4.62. The van der Waals surface area contributed by atoms with Gasteiger partial charge in [-0.3, -0.25) is 9.98 Å². The summed E-state index contributed by atoms with van der Waals surface area (Å²) in [5, 5.41) is 0. The summed E-state index contributed by atoms with van der Waals surface area (Å²) < 4.78 is 0. The summed E-state index contributed by atoms with van der Waals surface area (Å²) in [4.78, 5) is 9.13. The average Bonchev–Trinajstić information content (AvgIpc) is 2.08. The van der Waals surface area contributed by atoms with Crippen LogP contribution < -0.4 is 0 Å². The predicted molar refractivity (Wildman–Crippen MR) is 59.0 cm³/mol. The molecule has 0 bridgehead atoms. The lowest BCUT2D eigenvalue weighted by atomic mass is 9.96. The largest absolute Gasteiger partial charge is 0.288 e. The molecule has 0 aromatic carbocycles. The van der Waals surface area contributed by atoms with Crippen LogP contribution in [0.5, 0.6) is 0 Å². The quantitative estimate of drug-likeness (QED) is 0.624. The van der Waals surface area contributed by atoms with Crippen LogP contribution in [0.15, 0.2) is 9.98 Å². The molecular formula is C11H20N2. The first-order valence-electron chi connectivity index (χ1n) is 5.34. The molecule has 13 heavy (non-hydrogen) atoms. The van der Waals surface area contributed by atoms with Crippen molar-refractivity contribution in [1.82, 2.24) is 0 Å². The Morgan fingerprint density at radius 2 is 1.77 bits per heavy atom. The third-order valence-corrected chi connectivity index (χ3v) is 2.17. The molecule has 0 unspecified atom stereocenters. The van der Waals surface area contributed by atoms with Gasteiger partial charge in [-0.05, 0) is 46.5 Å². The third-order valence-electron chi connectivity index (χ3n) is 2.17. The van der Waals surface area contributed by atoms with Gasteiger partial charge in [0.05, 0.1) is 11.4 Å². The van der Waals surface area contributed by atoms with Gasteiger partial charge in [0, 0.05) is 12.6 Å². The molecule has 1 rings (SSSR count). The standard InChI is InChI=1S/C11H20N2/c1-4-12-10-7-5-6-8-11(10)13-9(2)3/h9H,4-8H2,1-3H3. The summed E-state index contributed by atoms with van der Waals surface area (Å²) in [5.74, 6) is 0. The Morgan fingerprint density at radius 1 is 1.15 bits per heavy atom. The molecule has 0 aliphatic heterocycles. The molecule has 2 nitrogen and oxygen atoms in total. The van der Waals surface area contributed by atoms with E-state index in [1.54, 1.807) is 0 Å². The van der Waals surface area contributed by atoms with Gasteiger partial charge >= 0.3 is 0 Å². The average molecular weight is 180 g/mol. The number of hydrogen-bond acceptors (Lipinski definition) is 2. The van der Waals surface area contributed by atoms with Crippen molar-refractivity contribution in [3.8, 4) is 0 Å². The highest BCUT2D eigenvalue weighted by molar-refractivity contribution is 6.42. The second-order valence-corrected chi connectivity index (χ2v) is 3.80. The summed E-state index contributed by atoms with van der Waals surface area (Å²) >= 11 is 0. The van der Waals surface area contributed by atoms with Gasteiger partial charge in [0.1, 0.15) is 0 Å². The number of rotatable bonds is 2. The van der Waals surface area contributed by atoms with E-state index in [0.717, 1.165) is 19.4 Å². The van der Waals surface area contributed by atoms with E-state index in [1.807, 2.05) is 0 Å². The SMILES string of the molecule is CCN=C1CCCCC1=NC(C)C. The van der Waals surface area contributed by atoms with Gasteiger partial charge in [-0.25, -0.2) is 0 Å². The molecule has 74 valence electrons. The Hall–Kier alpha value is -0.660. The van der Waals surface area contributed by atoms with E-state index >= 15 is 0 Å². The molecule has 0 amide bonds. The highest BCUT2D eigenvalue weighted by Gasteiger charge is 2.14. The summed E-state index contributed by atoms with van der Waals surface area (Å²) in [6, 6.07) is 0.412. The Labute approximate surface area is 81.2 Å². The summed E-state index contributed by atoms with van der Waals surface area (Å²) in [6.07, 6.45) is 4.85. The van der Waals surface area contributed by atoms with Crippen molar-refractivity contribution in [2.24, 2.45) is 9.98 Å². The molecule has 1 aliphatic rings. The summed E-state index contributed by atoms with van der Waals surface area (Å²) in [7, 11) is 0. The normalized spacial score (nSPS) is 24.6. The molecule has 0 atom stereocenters. The Morgan fingerprint density at radius 3 is 2.31 bits per heavy atom. The van der Waals surface area contributed by atoms with Crippen LogP contribution in [0.1, 0.15) is 46.5 Å². The predicted octanol–water partition coefficient (Wildman–Crippen LogP) is 2.87. The van der Waals surface area contributed by atoms with Crippen LogP contribution in [0.4, 0.5) is 0 Å². The van der Waals surface area contributed by atoms with Gasteiger partial charge in [0.25, 0.3) is 0 Å². The van der Waals surface area contributed by atoms with Gasteiger partial charge in [-0.1, -0.05) is 0 Å². The zero-order chi connectivity index (χ0) is 9.68. The fourth-order valence-corrected chi connectivity index (χ4v) is 1.69. The van der Waals surface area contributed by atoms with Crippen molar-refractivity contribution in [2.45, 2.75) is 52.5 Å². The maximum absolute atomic E-state index is 4.62. The van der Waals surface area contributed by atoms with Gasteiger partial charge in [-0.2, -0.15) is 0 Å². The minimum absolute atomic E-state index is 0.412. The molecule has 0 N–H and O–H groups in total. The molecule has 0 saturated heterocycles. The van der Waals surface area contributed by atoms with Crippen molar-refractivity contribution in [1.29, 1.82) is 0 Å². The Bertz CT molecular complexity index is 214. The van der Waals surface area contributed by atoms with E-state index in [9.17, 15) is 0 Å². The molecule has 0 radical (unpaired) electrons. The minimum Gasteiger partial charge on any atom is -0.288 e. The van der Waals surface area contributed by atoms with Crippen LogP contribution in [-0.4, -0.2) is 24.0 Å². The third kappa shape index (κ3) is 3.29. The number of nitrogens with zero attached hydrogens (tertiary/aromatic N) is 2. The van der Waals surface area contributed by atoms with Crippen LogP contribution in [-0.2, 0) is 0 Å². The van der Waals surface area contributed by atoms with E-state index in [0.29, 0.717) is 6.04 Å². The minimum atomic E-state index is 0.412. The molecule has 0 heterocycles. The molecule has 0 aromatic rings. The van der Waals surface area contributed by atoms with Crippen molar-refractivity contribution in [3.63, 3.8) is 0 Å². The van der Waals surface area contributed by atoms with E-state index in [2.05, 4.69) is 30.8 Å². The molecular weight excluding hydrogens is 160 g/mol. The molecule has 0 spiro atoms. The topological polar surface area (TPSA) is 24.7 Å². The lowest BCUT2D eigenvalue weighted by molar-refractivity contribution is 0.756. The van der Waals surface area contributed by atoms with Crippen LogP contribution in [0, 0.1) is 0 Å². The second kappa shape index (κ2) is 5.15. The zero-order valence-electron chi connectivity index (χ0n) is 9.01. The maximum Gasteiger partial charge on any atom is 0.0561 e. The second-order valence-electron chi connectivity index (χ2n) is 3.80. The number of aliphatic imine (C=N–C) groups is 2. The lowest BCUT2D eigenvalue weighted by Gasteiger charge is -2.16. The smallest absolute Gasteiger partial charge is 0.0561 e. The van der Waals surface area contributed by atoms with Crippen molar-refractivity contribution in [2.75, 3.05) is 6.54 Å².